The summed E-state index contributed by atoms with van der Waals surface area (Å²) in [6.45, 7) is 9.21. The molecule has 0 spiro atoms. The molecule has 0 saturated carbocycles. The predicted octanol–water partition coefficient (Wildman–Crippen LogP) is 1.69. The quantitative estimate of drug-likeness (QED) is 0.703. The van der Waals surface area contributed by atoms with Gasteiger partial charge >= 0.3 is 0 Å². The number of hydrogen-bond acceptors (Lipinski definition) is 5. The third kappa shape index (κ3) is 2.80. The van der Waals surface area contributed by atoms with Gasteiger partial charge in [-0.25, -0.2) is 9.50 Å². The third-order valence-electron chi connectivity index (χ3n) is 3.31. The molecule has 0 saturated heterocycles. The van der Waals surface area contributed by atoms with E-state index in [0.717, 1.165) is 16.7 Å². The van der Waals surface area contributed by atoms with Crippen molar-refractivity contribution in [2.24, 2.45) is 0 Å². The van der Waals surface area contributed by atoms with Gasteiger partial charge in [0.1, 0.15) is 11.8 Å². The van der Waals surface area contributed by atoms with Crippen molar-refractivity contribution in [3.63, 3.8) is 0 Å². The van der Waals surface area contributed by atoms with Crippen molar-refractivity contribution < 1.29 is 5.11 Å². The minimum absolute atomic E-state index is 0.100. The normalized spacial score (nSPS) is 13.1. The van der Waals surface area contributed by atoms with Crippen LogP contribution >= 0.6 is 0 Å². The van der Waals surface area contributed by atoms with Crippen molar-refractivity contribution in [2.45, 2.75) is 13.0 Å². The van der Waals surface area contributed by atoms with E-state index >= 15 is 0 Å². The van der Waals surface area contributed by atoms with Crippen LogP contribution in [0, 0.1) is 6.92 Å². The first kappa shape index (κ1) is 14.8. The number of allylic oxidation sites excluding steroid dienone is 2. The highest BCUT2D eigenvalue weighted by Crippen LogP contribution is 2.25. The fraction of sp³-hybridized carbons (Fsp3) is 0.200. The molecule has 21 heavy (non-hydrogen) atoms. The van der Waals surface area contributed by atoms with Crippen molar-refractivity contribution in [1.29, 1.82) is 0 Å². The fourth-order valence-corrected chi connectivity index (χ4v) is 2.15. The highest BCUT2D eigenvalue weighted by molar-refractivity contribution is 5.78. The van der Waals surface area contributed by atoms with Gasteiger partial charge in [-0.2, -0.15) is 5.10 Å². The van der Waals surface area contributed by atoms with E-state index in [2.05, 4.69) is 28.6 Å². The summed E-state index contributed by atoms with van der Waals surface area (Å²) in [5.74, 6) is 0.607. The van der Waals surface area contributed by atoms with Gasteiger partial charge in [-0.1, -0.05) is 31.4 Å². The molecule has 2 aromatic heterocycles. The molecule has 0 bridgehead atoms. The molecule has 2 heterocycles. The molecule has 4 N–H and O–H groups in total. The van der Waals surface area contributed by atoms with Crippen LogP contribution in [0.15, 0.2) is 49.5 Å². The maximum absolute atomic E-state index is 9.60. The lowest BCUT2D eigenvalue weighted by atomic mass is 10.1. The molecule has 0 unspecified atom stereocenters. The van der Waals surface area contributed by atoms with Gasteiger partial charge in [0.05, 0.1) is 24.5 Å². The highest BCUT2D eigenvalue weighted by Gasteiger charge is 2.16. The van der Waals surface area contributed by atoms with Crippen LogP contribution in [0.25, 0.3) is 5.52 Å². The Balaban J connectivity index is 2.44. The number of fused-ring (bicyclic) bond motifs is 1. The number of nitrogens with zero attached hydrogens (tertiary/aromatic N) is 3. The number of aryl methyl sites for hydroxylation is 1. The van der Waals surface area contributed by atoms with E-state index < -0.39 is 0 Å². The van der Waals surface area contributed by atoms with Crippen LogP contribution in [0.2, 0.25) is 0 Å². The molecule has 0 aliphatic rings. The second-order valence-electron chi connectivity index (χ2n) is 4.60. The number of aromatic nitrogens is 3. The Morgan fingerprint density at radius 2 is 2.33 bits per heavy atom. The number of anilines is 2. The zero-order chi connectivity index (χ0) is 15.4. The molecule has 0 fully saturated rings. The summed E-state index contributed by atoms with van der Waals surface area (Å²) in [7, 11) is 0. The zero-order valence-electron chi connectivity index (χ0n) is 12.0. The number of hydrogen-bond donors (Lipinski definition) is 3. The van der Waals surface area contributed by atoms with E-state index in [0.29, 0.717) is 11.5 Å². The minimum atomic E-state index is -0.338. The van der Waals surface area contributed by atoms with E-state index in [4.69, 9.17) is 5.73 Å². The zero-order valence-corrected chi connectivity index (χ0v) is 12.0. The maximum Gasteiger partial charge on any atom is 0.154 e. The number of aliphatic hydroxyl groups is 1. The Labute approximate surface area is 123 Å². The molecule has 0 amide bonds. The smallest absolute Gasteiger partial charge is 0.154 e. The molecule has 110 valence electrons. The topological polar surface area (TPSA) is 88.5 Å². The summed E-state index contributed by atoms with van der Waals surface area (Å²) < 4.78 is 1.67. The highest BCUT2D eigenvalue weighted by atomic mass is 16.3. The summed E-state index contributed by atoms with van der Waals surface area (Å²) in [6.07, 6.45) is 8.29. The van der Waals surface area contributed by atoms with Crippen molar-refractivity contribution in [3.05, 3.63) is 55.0 Å². The molecule has 2 aromatic rings. The van der Waals surface area contributed by atoms with E-state index in [9.17, 15) is 5.11 Å². The fourth-order valence-electron chi connectivity index (χ4n) is 2.15. The molecular formula is C15H19N5O. The number of nitrogens with one attached hydrogen (secondary N) is 1. The Morgan fingerprint density at radius 1 is 1.57 bits per heavy atom. The Morgan fingerprint density at radius 3 is 2.95 bits per heavy atom. The van der Waals surface area contributed by atoms with Gasteiger partial charge in [0, 0.05) is 5.56 Å². The molecule has 0 aliphatic heterocycles. The van der Waals surface area contributed by atoms with Crippen LogP contribution in [0.3, 0.4) is 0 Å². The largest absolute Gasteiger partial charge is 0.397 e. The molecule has 2 rings (SSSR count). The monoisotopic (exact) mass is 285 g/mol. The van der Waals surface area contributed by atoms with E-state index in [1.54, 1.807) is 28.9 Å². The molecule has 6 heteroatoms. The molecule has 0 aliphatic carbocycles. The van der Waals surface area contributed by atoms with Gasteiger partial charge in [0.2, 0.25) is 0 Å². The summed E-state index contributed by atoms with van der Waals surface area (Å²) in [5, 5.41) is 16.9. The summed E-state index contributed by atoms with van der Waals surface area (Å²) in [5.41, 5.74) is 9.05. The average molecular weight is 285 g/mol. The van der Waals surface area contributed by atoms with Gasteiger partial charge in [-0.05, 0) is 12.5 Å². The number of aliphatic hydroxyl groups excluding tert-OH is 1. The van der Waals surface area contributed by atoms with Crippen molar-refractivity contribution in [3.8, 4) is 0 Å². The van der Waals surface area contributed by atoms with Crippen LogP contribution < -0.4 is 11.1 Å². The maximum atomic E-state index is 9.60. The lowest BCUT2D eigenvalue weighted by molar-refractivity contribution is 0.288. The van der Waals surface area contributed by atoms with Gasteiger partial charge in [-0.15, -0.1) is 0 Å². The van der Waals surface area contributed by atoms with Crippen molar-refractivity contribution >= 4 is 17.0 Å². The molecule has 0 aromatic carbocycles. The summed E-state index contributed by atoms with van der Waals surface area (Å²) in [6, 6.07) is -0.338. The van der Waals surface area contributed by atoms with Gasteiger partial charge in [-0.3, -0.25) is 0 Å². The third-order valence-corrected chi connectivity index (χ3v) is 3.31. The summed E-state index contributed by atoms with van der Waals surface area (Å²) in [4.78, 5) is 4.25. The Hall–Kier alpha value is -2.60. The van der Waals surface area contributed by atoms with Crippen molar-refractivity contribution in [1.82, 2.24) is 14.6 Å². The van der Waals surface area contributed by atoms with Gasteiger partial charge < -0.3 is 16.2 Å². The SMILES string of the molecule is C=C/C=C(\C=C)[C@@H](CO)Nc1ncnn2cc(N)c(C)c12. The number of rotatable bonds is 6. The minimum Gasteiger partial charge on any atom is -0.397 e. The van der Waals surface area contributed by atoms with E-state index in [-0.39, 0.29) is 12.6 Å². The average Bonchev–Trinajstić information content (AvgIpc) is 2.78. The lowest BCUT2D eigenvalue weighted by Crippen LogP contribution is -2.26. The standard InChI is InChI=1S/C15H19N5O/c1-4-6-11(5-2)13(8-21)19-15-14-10(3)12(16)7-20(14)18-9-17-15/h4-7,9,13,21H,1-2,8,16H2,3H3,(H,17,18,19)/b11-6+/t13-/m1/s1. The predicted molar refractivity (Wildman–Crippen MR) is 85.1 cm³/mol. The van der Waals surface area contributed by atoms with Gasteiger partial charge in [0.15, 0.2) is 5.82 Å². The Kier molecular flexibility index (Phi) is 4.39. The summed E-state index contributed by atoms with van der Waals surface area (Å²) >= 11 is 0. The number of nitrogen functional groups attached to an aromatic ring is 1. The van der Waals surface area contributed by atoms with Crippen LogP contribution in [-0.4, -0.2) is 32.4 Å². The van der Waals surface area contributed by atoms with Crippen LogP contribution in [0.1, 0.15) is 5.56 Å². The van der Waals surface area contributed by atoms with Crippen LogP contribution in [-0.2, 0) is 0 Å². The second-order valence-corrected chi connectivity index (χ2v) is 4.60. The molecule has 6 nitrogen and oxygen atoms in total. The first-order valence-corrected chi connectivity index (χ1v) is 6.53. The van der Waals surface area contributed by atoms with Crippen LogP contribution in [0.5, 0.6) is 0 Å². The Bertz CT molecular complexity index is 701. The van der Waals surface area contributed by atoms with E-state index in [1.807, 2.05) is 6.92 Å². The van der Waals surface area contributed by atoms with Crippen LogP contribution in [0.4, 0.5) is 11.5 Å². The second kappa shape index (κ2) is 6.23. The van der Waals surface area contributed by atoms with E-state index in [1.165, 1.54) is 6.33 Å². The number of nitrogens with two attached hydrogens (primary N) is 1. The first-order chi connectivity index (χ1) is 10.1. The van der Waals surface area contributed by atoms with Crippen molar-refractivity contribution in [2.75, 3.05) is 17.7 Å². The molecule has 1 atom stereocenters. The van der Waals surface area contributed by atoms with Gasteiger partial charge in [0.25, 0.3) is 0 Å². The molecule has 0 radical (unpaired) electrons. The lowest BCUT2D eigenvalue weighted by Gasteiger charge is -2.18. The first-order valence-electron chi connectivity index (χ1n) is 6.53. The molecular weight excluding hydrogens is 266 g/mol.